The molecule has 0 amide bonds. The number of phosphoric ester groups is 1. The minimum atomic E-state index is -4.11. The SMILES string of the molecule is O=P(OCCCl)(OCCCl)OCCCl.[O]=[Mo](=[O])=[O]. The number of rotatable bonds is 9. The molecule has 0 heterocycles. The standard InChI is InChI=1S/C6H12Cl3O4P.Mo.3O/c7-1-4-11-14(10,12-5-2-8)13-6-3-9;;;;/h1-6H2;;;;. The first-order valence-electron chi connectivity index (χ1n) is 4.40. The summed E-state index contributed by atoms with van der Waals surface area (Å²) in [5.74, 6) is 0.620. The van der Waals surface area contributed by atoms with Gasteiger partial charge in [0.2, 0.25) is 0 Å². The normalized spacial score (nSPS) is 10.6. The molecule has 0 aliphatic rings. The van der Waals surface area contributed by atoms with E-state index in [1.165, 1.54) is 0 Å². The van der Waals surface area contributed by atoms with Crippen molar-refractivity contribution in [3.63, 3.8) is 0 Å². The van der Waals surface area contributed by atoms with Gasteiger partial charge in [0.15, 0.2) is 0 Å². The number of hydrogen-bond acceptors (Lipinski definition) is 7. The molecule has 12 heteroatoms. The molecule has 0 radical (unpaired) electrons. The predicted molar refractivity (Wildman–Crippen MR) is 59.7 cm³/mol. The summed E-state index contributed by atoms with van der Waals surface area (Å²) in [5.41, 5.74) is 0. The first-order chi connectivity index (χ1) is 8.41. The Bertz CT molecular complexity index is 299. The fourth-order valence-electron chi connectivity index (χ4n) is 0.551. The maximum absolute atomic E-state index is 11.6. The van der Waals surface area contributed by atoms with Gasteiger partial charge in [0.1, 0.15) is 0 Å². The Morgan fingerprint density at radius 1 is 0.778 bits per heavy atom. The minimum absolute atomic E-state index is 0.0867. The summed E-state index contributed by atoms with van der Waals surface area (Å²) in [5, 5.41) is 0. The second kappa shape index (κ2) is 14.5. The average Bonchev–Trinajstić information content (AvgIpc) is 2.31. The third-order valence-electron chi connectivity index (χ3n) is 0.980. The van der Waals surface area contributed by atoms with E-state index in [0.29, 0.717) is 0 Å². The third-order valence-corrected chi connectivity index (χ3v) is 2.94. The van der Waals surface area contributed by atoms with Crippen molar-refractivity contribution < 1.29 is 45.5 Å². The zero-order valence-corrected chi connectivity index (χ0v) is 14.3. The van der Waals surface area contributed by atoms with Crippen LogP contribution < -0.4 is 0 Å². The van der Waals surface area contributed by atoms with Crippen molar-refractivity contribution in [3.05, 3.63) is 0 Å². The topological polar surface area (TPSA) is 96.0 Å². The fraction of sp³-hybridized carbons (Fsp3) is 1.00. The van der Waals surface area contributed by atoms with Crippen molar-refractivity contribution in [2.45, 2.75) is 0 Å². The molecule has 0 aromatic carbocycles. The van der Waals surface area contributed by atoms with Crippen molar-refractivity contribution in [1.29, 1.82) is 0 Å². The van der Waals surface area contributed by atoms with Gasteiger partial charge in [-0.3, -0.25) is 13.6 Å². The van der Waals surface area contributed by atoms with Gasteiger partial charge in [-0.25, -0.2) is 4.57 Å². The van der Waals surface area contributed by atoms with Gasteiger partial charge in [-0.15, -0.1) is 34.8 Å². The van der Waals surface area contributed by atoms with E-state index >= 15 is 0 Å². The maximum atomic E-state index is 11.6. The van der Waals surface area contributed by atoms with E-state index in [4.69, 9.17) is 58.6 Å². The number of alkyl halides is 3. The van der Waals surface area contributed by atoms with E-state index in [2.05, 4.69) is 0 Å². The molecule has 0 atom stereocenters. The second-order valence-electron chi connectivity index (χ2n) is 2.22. The fourth-order valence-corrected chi connectivity index (χ4v) is 2.27. The Morgan fingerprint density at radius 3 is 1.17 bits per heavy atom. The molecule has 110 valence electrons. The second-order valence-corrected chi connectivity index (χ2v) is 6.02. The summed E-state index contributed by atoms with van der Waals surface area (Å²) < 4.78 is 51.9. The van der Waals surface area contributed by atoms with Crippen LogP contribution in [0, 0.1) is 0 Å². The molecule has 0 aliphatic carbocycles. The molecule has 0 rings (SSSR count). The van der Waals surface area contributed by atoms with Gasteiger partial charge < -0.3 is 0 Å². The van der Waals surface area contributed by atoms with Crippen LogP contribution in [0.15, 0.2) is 0 Å². The van der Waals surface area contributed by atoms with E-state index in [0.717, 1.165) is 0 Å². The van der Waals surface area contributed by atoms with Gasteiger partial charge in [0, 0.05) is 17.6 Å². The Kier molecular flexibility index (Phi) is 17.2. The van der Waals surface area contributed by atoms with E-state index in [1.807, 2.05) is 0 Å². The van der Waals surface area contributed by atoms with Crippen LogP contribution in [0.4, 0.5) is 0 Å². The summed E-state index contributed by atoms with van der Waals surface area (Å²) in [4.78, 5) is 0. The zero-order chi connectivity index (χ0) is 14.4. The summed E-state index contributed by atoms with van der Waals surface area (Å²) in [6, 6.07) is 0. The molecule has 0 aromatic heterocycles. The summed E-state index contributed by atoms with van der Waals surface area (Å²) in [6.45, 7) is 0.260. The van der Waals surface area contributed by atoms with Gasteiger partial charge in [-0.2, -0.15) is 0 Å². The van der Waals surface area contributed by atoms with Crippen LogP contribution in [-0.4, -0.2) is 37.5 Å². The molecule has 0 aliphatic heterocycles. The predicted octanol–water partition coefficient (Wildman–Crippen LogP) is 2.50. The molecule has 0 unspecified atom stereocenters. The first kappa shape index (κ1) is 21.4. The Hall–Kier alpha value is 1.07. The first-order valence-corrected chi connectivity index (χ1v) is 9.92. The molecule has 0 fully saturated rings. The van der Waals surface area contributed by atoms with Gasteiger partial charge in [-0.05, 0) is 0 Å². The van der Waals surface area contributed by atoms with Crippen LogP contribution in [-0.2, 0) is 45.5 Å². The van der Waals surface area contributed by atoms with Crippen LogP contribution in [0.1, 0.15) is 0 Å². The number of hydrogen-bond donors (Lipinski definition) is 0. The third kappa shape index (κ3) is 17.1. The molecule has 0 saturated heterocycles. The van der Waals surface area contributed by atoms with Gasteiger partial charge in [0.05, 0.1) is 19.8 Å². The number of halogens is 3. The van der Waals surface area contributed by atoms with E-state index < -0.39 is 25.0 Å². The average molecular weight is 429 g/mol. The quantitative estimate of drug-likeness (QED) is 0.316. The van der Waals surface area contributed by atoms with Crippen LogP contribution in [0.2, 0.25) is 0 Å². The summed E-state index contributed by atoms with van der Waals surface area (Å²) >= 11 is 12.0. The molecule has 0 saturated carbocycles. The van der Waals surface area contributed by atoms with Gasteiger partial charge >= 0.3 is 35.2 Å². The summed E-state index contributed by atoms with van der Waals surface area (Å²) in [7, 11) is -3.52. The Morgan fingerprint density at radius 2 is 1.00 bits per heavy atom. The Balaban J connectivity index is 0. The monoisotopic (exact) mass is 430 g/mol. The molecule has 0 bridgehead atoms. The molecular weight excluding hydrogens is 417 g/mol. The van der Waals surface area contributed by atoms with Crippen molar-refractivity contribution in [2.75, 3.05) is 37.5 Å². The van der Waals surface area contributed by atoms with Crippen LogP contribution in [0.5, 0.6) is 0 Å². The molecule has 0 spiro atoms. The van der Waals surface area contributed by atoms with E-state index in [9.17, 15) is 4.57 Å². The number of phosphoric acid groups is 1. The van der Waals surface area contributed by atoms with Crippen LogP contribution in [0.3, 0.4) is 0 Å². The van der Waals surface area contributed by atoms with Crippen molar-refractivity contribution in [1.82, 2.24) is 0 Å². The Labute approximate surface area is 125 Å². The zero-order valence-electron chi connectivity index (χ0n) is 9.09. The van der Waals surface area contributed by atoms with Crippen molar-refractivity contribution in [3.8, 4) is 0 Å². The molecule has 18 heavy (non-hydrogen) atoms. The van der Waals surface area contributed by atoms with Crippen LogP contribution >= 0.6 is 42.6 Å². The van der Waals surface area contributed by atoms with Gasteiger partial charge in [0.25, 0.3) is 0 Å². The summed E-state index contributed by atoms with van der Waals surface area (Å²) in [6.07, 6.45) is 0. The molecule has 0 N–H and O–H groups in total. The van der Waals surface area contributed by atoms with Gasteiger partial charge in [-0.1, -0.05) is 0 Å². The van der Waals surface area contributed by atoms with E-state index in [-0.39, 0.29) is 37.5 Å². The molecular formula is C6H12Cl3MoO7P. The van der Waals surface area contributed by atoms with E-state index in [1.54, 1.807) is 0 Å². The van der Waals surface area contributed by atoms with Crippen molar-refractivity contribution in [2.24, 2.45) is 0 Å². The van der Waals surface area contributed by atoms with Crippen LogP contribution in [0.25, 0.3) is 0 Å². The molecule has 7 nitrogen and oxygen atoms in total. The molecule has 0 aromatic rings. The van der Waals surface area contributed by atoms with Crippen molar-refractivity contribution >= 4 is 42.6 Å².